The molecule has 1 unspecified atom stereocenters. The van der Waals surface area contributed by atoms with Crippen LogP contribution < -0.4 is 5.32 Å². The smallest absolute Gasteiger partial charge is 0.169 e. The van der Waals surface area contributed by atoms with Crippen LogP contribution in [0.5, 0.6) is 0 Å². The fraction of sp³-hybridized carbons (Fsp3) is 0.231. The first-order valence-electron chi connectivity index (χ1n) is 6.01. The lowest BCUT2D eigenvalue weighted by molar-refractivity contribution is 0.440. The second-order valence-electron chi connectivity index (χ2n) is 4.30. The van der Waals surface area contributed by atoms with Gasteiger partial charge < -0.3 is 9.73 Å². The molecule has 0 aliphatic rings. The van der Waals surface area contributed by atoms with Gasteiger partial charge in [-0.1, -0.05) is 6.07 Å². The Labute approximate surface area is 118 Å². The minimum Gasteiger partial charge on any atom is -0.453 e. The number of rotatable bonds is 4. The van der Waals surface area contributed by atoms with Gasteiger partial charge in [-0.15, -0.1) is 10.2 Å². The van der Waals surface area contributed by atoms with Crippen LogP contribution in [0.25, 0.3) is 5.65 Å². The van der Waals surface area contributed by atoms with Crippen molar-refractivity contribution in [3.05, 3.63) is 52.8 Å². The van der Waals surface area contributed by atoms with Gasteiger partial charge in [0.05, 0.1) is 12.6 Å². The van der Waals surface area contributed by atoms with Crippen LogP contribution in [0.4, 0.5) is 0 Å². The number of halogens is 1. The van der Waals surface area contributed by atoms with E-state index in [2.05, 4.69) is 38.4 Å². The standard InChI is InChI=1S/C13H13BrN4O/c1-9(15-8-10-5-6-11(14)19-10)13-17-16-12-4-2-3-7-18(12)13/h2-7,9,15H,8H2,1H3. The largest absolute Gasteiger partial charge is 0.453 e. The summed E-state index contributed by atoms with van der Waals surface area (Å²) in [7, 11) is 0. The first kappa shape index (κ1) is 12.4. The molecule has 1 N–H and O–H groups in total. The van der Waals surface area contributed by atoms with Gasteiger partial charge in [0.2, 0.25) is 0 Å². The highest BCUT2D eigenvalue weighted by Crippen LogP contribution is 2.16. The average Bonchev–Trinajstić information content (AvgIpc) is 3.02. The quantitative estimate of drug-likeness (QED) is 0.803. The van der Waals surface area contributed by atoms with Gasteiger partial charge in [0.25, 0.3) is 0 Å². The van der Waals surface area contributed by atoms with E-state index in [1.807, 2.05) is 40.9 Å². The summed E-state index contributed by atoms with van der Waals surface area (Å²) in [6, 6.07) is 9.76. The molecule has 0 saturated carbocycles. The van der Waals surface area contributed by atoms with Crippen molar-refractivity contribution in [1.82, 2.24) is 19.9 Å². The summed E-state index contributed by atoms with van der Waals surface area (Å²) in [6.45, 7) is 2.70. The summed E-state index contributed by atoms with van der Waals surface area (Å²) in [5.74, 6) is 1.77. The zero-order valence-corrected chi connectivity index (χ0v) is 12.0. The Morgan fingerprint density at radius 1 is 1.32 bits per heavy atom. The van der Waals surface area contributed by atoms with E-state index in [0.29, 0.717) is 6.54 Å². The van der Waals surface area contributed by atoms with Crippen LogP contribution in [-0.4, -0.2) is 14.6 Å². The summed E-state index contributed by atoms with van der Waals surface area (Å²) >= 11 is 3.29. The third-order valence-corrected chi connectivity index (χ3v) is 3.36. The van der Waals surface area contributed by atoms with E-state index in [1.54, 1.807) is 0 Å². The zero-order chi connectivity index (χ0) is 13.2. The molecule has 0 fully saturated rings. The van der Waals surface area contributed by atoms with Crippen molar-refractivity contribution in [2.75, 3.05) is 0 Å². The first-order chi connectivity index (χ1) is 9.24. The van der Waals surface area contributed by atoms with Crippen molar-refractivity contribution >= 4 is 21.6 Å². The van der Waals surface area contributed by atoms with Crippen LogP contribution in [0.3, 0.4) is 0 Å². The Bertz CT molecular complexity index is 691. The number of fused-ring (bicyclic) bond motifs is 1. The Morgan fingerprint density at radius 2 is 2.21 bits per heavy atom. The minimum absolute atomic E-state index is 0.0845. The van der Waals surface area contributed by atoms with Gasteiger partial charge in [0.15, 0.2) is 16.1 Å². The molecule has 0 saturated heterocycles. The molecule has 6 heteroatoms. The van der Waals surface area contributed by atoms with Crippen LogP contribution in [0.2, 0.25) is 0 Å². The highest BCUT2D eigenvalue weighted by molar-refractivity contribution is 9.10. The van der Waals surface area contributed by atoms with Crippen molar-refractivity contribution in [3.8, 4) is 0 Å². The van der Waals surface area contributed by atoms with Crippen LogP contribution in [-0.2, 0) is 6.54 Å². The van der Waals surface area contributed by atoms with Gasteiger partial charge in [0, 0.05) is 6.20 Å². The average molecular weight is 321 g/mol. The number of hydrogen-bond donors (Lipinski definition) is 1. The molecule has 0 radical (unpaired) electrons. The third kappa shape index (κ3) is 2.54. The number of furan rings is 1. The van der Waals surface area contributed by atoms with Crippen LogP contribution in [0.1, 0.15) is 24.6 Å². The van der Waals surface area contributed by atoms with E-state index in [9.17, 15) is 0 Å². The molecule has 3 aromatic rings. The minimum atomic E-state index is 0.0845. The molecule has 0 aromatic carbocycles. The SMILES string of the molecule is CC(NCc1ccc(Br)o1)c1nnc2ccccn12. The molecule has 1 atom stereocenters. The maximum Gasteiger partial charge on any atom is 0.169 e. The van der Waals surface area contributed by atoms with Crippen molar-refractivity contribution in [2.45, 2.75) is 19.5 Å². The maximum atomic E-state index is 5.45. The highest BCUT2D eigenvalue weighted by atomic mass is 79.9. The lowest BCUT2D eigenvalue weighted by atomic mass is 10.3. The molecule has 19 heavy (non-hydrogen) atoms. The Kier molecular flexibility index (Phi) is 3.35. The van der Waals surface area contributed by atoms with Crippen molar-refractivity contribution in [3.63, 3.8) is 0 Å². The van der Waals surface area contributed by atoms with Crippen molar-refractivity contribution < 1.29 is 4.42 Å². The molecule has 0 bridgehead atoms. The Balaban J connectivity index is 1.75. The molecule has 3 heterocycles. The fourth-order valence-electron chi connectivity index (χ4n) is 1.95. The molecule has 5 nitrogen and oxygen atoms in total. The van der Waals surface area contributed by atoms with Crippen LogP contribution in [0.15, 0.2) is 45.6 Å². The van der Waals surface area contributed by atoms with E-state index >= 15 is 0 Å². The molecular formula is C13H13BrN4O. The molecule has 98 valence electrons. The summed E-state index contributed by atoms with van der Waals surface area (Å²) in [5, 5.41) is 11.7. The zero-order valence-electron chi connectivity index (χ0n) is 10.4. The number of pyridine rings is 1. The van der Waals surface area contributed by atoms with E-state index in [-0.39, 0.29) is 6.04 Å². The number of nitrogens with zero attached hydrogens (tertiary/aromatic N) is 3. The number of nitrogens with one attached hydrogen (secondary N) is 1. The van der Waals surface area contributed by atoms with E-state index < -0.39 is 0 Å². The Morgan fingerprint density at radius 3 is 3.00 bits per heavy atom. The normalized spacial score (nSPS) is 12.9. The van der Waals surface area contributed by atoms with Crippen molar-refractivity contribution in [2.24, 2.45) is 0 Å². The highest BCUT2D eigenvalue weighted by Gasteiger charge is 2.13. The lowest BCUT2D eigenvalue weighted by Crippen LogP contribution is -2.20. The summed E-state index contributed by atoms with van der Waals surface area (Å²) in [4.78, 5) is 0. The molecule has 0 spiro atoms. The molecule has 0 amide bonds. The van der Waals surface area contributed by atoms with E-state index in [1.165, 1.54) is 0 Å². The summed E-state index contributed by atoms with van der Waals surface area (Å²) in [5.41, 5.74) is 0.854. The molecule has 0 aliphatic heterocycles. The van der Waals surface area contributed by atoms with Gasteiger partial charge in [-0.05, 0) is 47.1 Å². The second kappa shape index (κ2) is 5.14. The van der Waals surface area contributed by atoms with Crippen LogP contribution >= 0.6 is 15.9 Å². The summed E-state index contributed by atoms with van der Waals surface area (Å²) < 4.78 is 8.17. The third-order valence-electron chi connectivity index (χ3n) is 2.94. The van der Waals surface area contributed by atoms with Gasteiger partial charge in [-0.3, -0.25) is 4.40 Å². The molecule has 3 aromatic heterocycles. The van der Waals surface area contributed by atoms with E-state index in [4.69, 9.17) is 4.42 Å². The van der Waals surface area contributed by atoms with Gasteiger partial charge in [0.1, 0.15) is 5.76 Å². The van der Waals surface area contributed by atoms with Gasteiger partial charge in [-0.2, -0.15) is 0 Å². The topological polar surface area (TPSA) is 55.4 Å². The monoisotopic (exact) mass is 320 g/mol. The van der Waals surface area contributed by atoms with Gasteiger partial charge >= 0.3 is 0 Å². The molecular weight excluding hydrogens is 308 g/mol. The van der Waals surface area contributed by atoms with Crippen molar-refractivity contribution in [1.29, 1.82) is 0 Å². The second-order valence-corrected chi connectivity index (χ2v) is 5.08. The molecule has 3 rings (SSSR count). The van der Waals surface area contributed by atoms with Gasteiger partial charge in [-0.25, -0.2) is 0 Å². The predicted molar refractivity (Wildman–Crippen MR) is 74.6 cm³/mol. The maximum absolute atomic E-state index is 5.45. The van der Waals surface area contributed by atoms with E-state index in [0.717, 1.165) is 21.9 Å². The van der Waals surface area contributed by atoms with Crippen LogP contribution in [0, 0.1) is 0 Å². The number of hydrogen-bond acceptors (Lipinski definition) is 4. The molecule has 0 aliphatic carbocycles. The number of aromatic nitrogens is 3. The summed E-state index contributed by atoms with van der Waals surface area (Å²) in [6.07, 6.45) is 1.96. The predicted octanol–water partition coefficient (Wildman–Crippen LogP) is 2.94. The Hall–Kier alpha value is -1.66. The lowest BCUT2D eigenvalue weighted by Gasteiger charge is -2.10. The fourth-order valence-corrected chi connectivity index (χ4v) is 2.29. The first-order valence-corrected chi connectivity index (χ1v) is 6.80.